The Morgan fingerprint density at radius 1 is 0.667 bits per heavy atom. The molecule has 0 saturated carbocycles. The van der Waals surface area contributed by atoms with Crippen molar-refractivity contribution in [3.63, 3.8) is 0 Å². The molecule has 0 amide bonds. The molecule has 0 bridgehead atoms. The predicted octanol–water partition coefficient (Wildman–Crippen LogP) is 2.70. The second kappa shape index (κ2) is 11.5. The van der Waals surface area contributed by atoms with Crippen LogP contribution in [0.25, 0.3) is 0 Å². The quantitative estimate of drug-likeness (QED) is 0.672. The maximum Gasteiger partial charge on any atom is 0.0260 e. The lowest BCUT2D eigenvalue weighted by Gasteiger charge is -2.35. The number of fused-ring (bicyclic) bond motifs is 2. The summed E-state index contributed by atoms with van der Waals surface area (Å²) < 4.78 is 0. The summed E-state index contributed by atoms with van der Waals surface area (Å²) in [4.78, 5) is 10.0. The third-order valence-corrected chi connectivity index (χ3v) is 5.80. The molecule has 3 atom stereocenters. The average Bonchev–Trinajstić information content (AvgIpc) is 3.29. The highest BCUT2D eigenvalue weighted by molar-refractivity contribution is 4.93. The van der Waals surface area contributed by atoms with Gasteiger partial charge in [0.15, 0.2) is 0 Å². The summed E-state index contributed by atoms with van der Waals surface area (Å²) in [7, 11) is 6.71. The summed E-state index contributed by atoms with van der Waals surface area (Å²) in [5.41, 5.74) is 0. The van der Waals surface area contributed by atoms with Crippen molar-refractivity contribution in [3.05, 3.63) is 0 Å². The van der Waals surface area contributed by atoms with Gasteiger partial charge < -0.3 is 14.7 Å². The number of rotatable bonds is 0. The van der Waals surface area contributed by atoms with Gasteiger partial charge in [-0.1, -0.05) is 27.7 Å². The largest absolute Gasteiger partial charge is 0.304 e. The van der Waals surface area contributed by atoms with Gasteiger partial charge in [-0.05, 0) is 59.4 Å². The number of nitrogens with zero attached hydrogens (tertiary/aromatic N) is 4. The standard InChI is InChI=1S/2C8H16N2.2C2H6/c1-9-5-7-3-4-10(2)8(7)6-9;1-9-5-6-10-4-2-3-8(10)7-9;2*1-2/h7-8H,3-6H2,1-2H3;8H,2-7H2,1H3;2*1-2H3. The molecule has 4 fully saturated rings. The normalized spacial score (nSPS) is 33.4. The first kappa shape index (κ1) is 21.9. The van der Waals surface area contributed by atoms with E-state index >= 15 is 0 Å². The van der Waals surface area contributed by atoms with Crippen LogP contribution in [0.2, 0.25) is 0 Å². The van der Waals surface area contributed by atoms with Gasteiger partial charge in [-0.15, -0.1) is 0 Å². The molecule has 144 valence electrons. The lowest BCUT2D eigenvalue weighted by Crippen LogP contribution is -2.48. The monoisotopic (exact) mass is 340 g/mol. The summed E-state index contributed by atoms with van der Waals surface area (Å²) in [6, 6.07) is 1.78. The van der Waals surface area contributed by atoms with Crippen molar-refractivity contribution >= 4 is 0 Å². The summed E-state index contributed by atoms with van der Waals surface area (Å²) >= 11 is 0. The fourth-order valence-corrected chi connectivity index (χ4v) is 4.53. The highest BCUT2D eigenvalue weighted by Crippen LogP contribution is 2.28. The number of likely N-dealkylation sites (tertiary alicyclic amines) is 2. The third-order valence-electron chi connectivity index (χ3n) is 5.80. The van der Waals surface area contributed by atoms with Gasteiger partial charge in [-0.2, -0.15) is 0 Å². The van der Waals surface area contributed by atoms with Gasteiger partial charge in [-0.3, -0.25) is 4.90 Å². The Bertz CT molecular complexity index is 321. The maximum atomic E-state index is 2.64. The molecular weight excluding hydrogens is 296 g/mol. The minimum Gasteiger partial charge on any atom is -0.304 e. The van der Waals surface area contributed by atoms with Crippen molar-refractivity contribution < 1.29 is 0 Å². The highest BCUT2D eigenvalue weighted by atomic mass is 15.3. The molecule has 0 N–H and O–H groups in total. The van der Waals surface area contributed by atoms with Crippen LogP contribution in [0, 0.1) is 5.92 Å². The molecule has 4 heterocycles. The Balaban J connectivity index is 0.000000199. The van der Waals surface area contributed by atoms with Crippen LogP contribution in [-0.4, -0.2) is 98.6 Å². The number of likely N-dealkylation sites (N-methyl/N-ethyl adjacent to an activating group) is 3. The van der Waals surface area contributed by atoms with Gasteiger partial charge in [0.25, 0.3) is 0 Å². The van der Waals surface area contributed by atoms with Crippen molar-refractivity contribution in [3.8, 4) is 0 Å². The van der Waals surface area contributed by atoms with E-state index in [1.54, 1.807) is 0 Å². The number of hydrogen-bond acceptors (Lipinski definition) is 4. The van der Waals surface area contributed by atoms with Crippen molar-refractivity contribution in [1.82, 2.24) is 19.6 Å². The molecule has 0 spiro atoms. The van der Waals surface area contributed by atoms with Crippen LogP contribution < -0.4 is 0 Å². The zero-order chi connectivity index (χ0) is 18.1. The van der Waals surface area contributed by atoms with Crippen LogP contribution in [0.3, 0.4) is 0 Å². The first-order chi connectivity index (χ1) is 11.6. The van der Waals surface area contributed by atoms with Crippen LogP contribution in [0.1, 0.15) is 47.0 Å². The Morgan fingerprint density at radius 3 is 2.04 bits per heavy atom. The molecule has 3 unspecified atom stereocenters. The molecule has 0 aromatic rings. The van der Waals surface area contributed by atoms with Crippen molar-refractivity contribution in [2.45, 2.75) is 59.0 Å². The Labute approximate surface area is 152 Å². The molecule has 4 aliphatic heterocycles. The SMILES string of the molecule is CC.CC.CN1CC2CCN(C)C2C1.CN1CCN2CCCC2C1. The molecular formula is C20H44N4. The maximum absolute atomic E-state index is 2.64. The predicted molar refractivity (Wildman–Crippen MR) is 107 cm³/mol. The topological polar surface area (TPSA) is 13.0 Å². The van der Waals surface area contributed by atoms with Crippen molar-refractivity contribution in [2.75, 3.05) is 67.0 Å². The summed E-state index contributed by atoms with van der Waals surface area (Å²) in [5.74, 6) is 0.981. The van der Waals surface area contributed by atoms with E-state index in [-0.39, 0.29) is 0 Å². The molecule has 4 heteroatoms. The van der Waals surface area contributed by atoms with E-state index in [0.717, 1.165) is 18.0 Å². The first-order valence-corrected chi connectivity index (χ1v) is 10.4. The van der Waals surface area contributed by atoms with Crippen molar-refractivity contribution in [1.29, 1.82) is 0 Å². The van der Waals surface area contributed by atoms with Crippen LogP contribution in [-0.2, 0) is 0 Å². The second-order valence-corrected chi connectivity index (χ2v) is 7.41. The van der Waals surface area contributed by atoms with Gasteiger partial charge >= 0.3 is 0 Å². The minimum atomic E-state index is 0.880. The number of hydrogen-bond donors (Lipinski definition) is 0. The van der Waals surface area contributed by atoms with Crippen molar-refractivity contribution in [2.24, 2.45) is 5.92 Å². The molecule has 0 radical (unpaired) electrons. The van der Waals surface area contributed by atoms with E-state index in [9.17, 15) is 0 Å². The molecule has 24 heavy (non-hydrogen) atoms. The van der Waals surface area contributed by atoms with Gasteiger partial charge in [-0.25, -0.2) is 0 Å². The zero-order valence-corrected chi connectivity index (χ0v) is 17.6. The fraction of sp³-hybridized carbons (Fsp3) is 1.00. The lowest BCUT2D eigenvalue weighted by atomic mass is 10.1. The Hall–Kier alpha value is -0.160. The molecule has 0 aromatic carbocycles. The van der Waals surface area contributed by atoms with Crippen LogP contribution >= 0.6 is 0 Å². The molecule has 4 rings (SSSR count). The summed E-state index contributed by atoms with van der Waals surface area (Å²) in [5, 5.41) is 0. The third kappa shape index (κ3) is 5.98. The Kier molecular flexibility index (Phi) is 10.4. The zero-order valence-electron chi connectivity index (χ0n) is 17.6. The molecule has 4 saturated heterocycles. The first-order valence-electron chi connectivity index (χ1n) is 10.4. The van der Waals surface area contributed by atoms with E-state index in [0.29, 0.717) is 0 Å². The molecule has 0 aromatic heterocycles. The number of piperazine rings is 1. The van der Waals surface area contributed by atoms with E-state index in [2.05, 4.69) is 40.7 Å². The van der Waals surface area contributed by atoms with Gasteiger partial charge in [0, 0.05) is 44.8 Å². The smallest absolute Gasteiger partial charge is 0.0260 e. The van der Waals surface area contributed by atoms with Gasteiger partial charge in [0.2, 0.25) is 0 Å². The molecule has 4 nitrogen and oxygen atoms in total. The molecule has 0 aliphatic carbocycles. The van der Waals surface area contributed by atoms with Crippen LogP contribution in [0.5, 0.6) is 0 Å². The summed E-state index contributed by atoms with van der Waals surface area (Å²) in [6.07, 6.45) is 4.29. The fourth-order valence-electron chi connectivity index (χ4n) is 4.53. The van der Waals surface area contributed by atoms with Crippen LogP contribution in [0.4, 0.5) is 0 Å². The summed E-state index contributed by atoms with van der Waals surface area (Å²) in [6.45, 7) is 17.2. The lowest BCUT2D eigenvalue weighted by molar-refractivity contribution is 0.124. The van der Waals surface area contributed by atoms with Crippen LogP contribution in [0.15, 0.2) is 0 Å². The molecule has 4 aliphatic rings. The minimum absolute atomic E-state index is 0.880. The Morgan fingerprint density at radius 2 is 1.38 bits per heavy atom. The second-order valence-electron chi connectivity index (χ2n) is 7.41. The van der Waals surface area contributed by atoms with E-state index in [1.165, 1.54) is 65.1 Å². The van der Waals surface area contributed by atoms with E-state index in [4.69, 9.17) is 0 Å². The van der Waals surface area contributed by atoms with E-state index < -0.39 is 0 Å². The van der Waals surface area contributed by atoms with Gasteiger partial charge in [0.05, 0.1) is 0 Å². The highest BCUT2D eigenvalue weighted by Gasteiger charge is 2.37. The van der Waals surface area contributed by atoms with E-state index in [1.807, 2.05) is 27.7 Å². The van der Waals surface area contributed by atoms with Gasteiger partial charge in [0.1, 0.15) is 0 Å². The average molecular weight is 341 g/mol.